The minimum atomic E-state index is -0.415. The Labute approximate surface area is 88.3 Å². The third-order valence-corrected chi connectivity index (χ3v) is 2.32. The summed E-state index contributed by atoms with van der Waals surface area (Å²) in [5, 5.41) is 18.4. The summed E-state index contributed by atoms with van der Waals surface area (Å²) in [5.41, 5.74) is 5.90. The van der Waals surface area contributed by atoms with Crippen LogP contribution in [0.5, 0.6) is 11.5 Å². The van der Waals surface area contributed by atoms with Crippen LogP contribution in [0.2, 0.25) is 0 Å². The lowest BCUT2D eigenvalue weighted by atomic mass is 9.93. The maximum absolute atomic E-state index is 11.2. The molecule has 0 spiro atoms. The number of phenolic OH excluding ortho intramolecular Hbond substituents is 2. The first kappa shape index (κ1) is 11.4. The number of amides is 1. The number of benzene rings is 1. The van der Waals surface area contributed by atoms with Gasteiger partial charge in [-0.1, -0.05) is 19.4 Å². The SMILES string of the molecule is CCC[C@H](C(N)=O)c1ccc(O)c(O)c1. The molecule has 82 valence electrons. The van der Waals surface area contributed by atoms with Gasteiger partial charge in [-0.2, -0.15) is 0 Å². The minimum Gasteiger partial charge on any atom is -0.504 e. The van der Waals surface area contributed by atoms with E-state index in [1.165, 1.54) is 12.1 Å². The molecule has 15 heavy (non-hydrogen) atoms. The molecule has 4 heteroatoms. The number of phenols is 2. The Morgan fingerprint density at radius 1 is 1.40 bits per heavy atom. The van der Waals surface area contributed by atoms with Crippen molar-refractivity contribution in [3.05, 3.63) is 23.8 Å². The van der Waals surface area contributed by atoms with Gasteiger partial charge in [-0.3, -0.25) is 4.79 Å². The van der Waals surface area contributed by atoms with Gasteiger partial charge >= 0.3 is 0 Å². The molecule has 0 radical (unpaired) electrons. The standard InChI is InChI=1S/C11H15NO3/c1-2-3-8(11(12)15)7-4-5-9(13)10(14)6-7/h4-6,8,13-14H,2-3H2,1H3,(H2,12,15)/t8-/m0/s1. The Morgan fingerprint density at radius 2 is 2.07 bits per heavy atom. The summed E-state index contributed by atoms with van der Waals surface area (Å²) >= 11 is 0. The molecular formula is C11H15NO3. The fourth-order valence-electron chi connectivity index (χ4n) is 1.52. The van der Waals surface area contributed by atoms with Crippen LogP contribution in [0, 0.1) is 0 Å². The monoisotopic (exact) mass is 209 g/mol. The lowest BCUT2D eigenvalue weighted by molar-refractivity contribution is -0.119. The Hall–Kier alpha value is -1.71. The first-order valence-electron chi connectivity index (χ1n) is 4.87. The minimum absolute atomic E-state index is 0.196. The number of aromatic hydroxyl groups is 2. The Morgan fingerprint density at radius 3 is 2.53 bits per heavy atom. The van der Waals surface area contributed by atoms with Crippen LogP contribution in [0.15, 0.2) is 18.2 Å². The third-order valence-electron chi connectivity index (χ3n) is 2.32. The van der Waals surface area contributed by atoms with Gasteiger partial charge < -0.3 is 15.9 Å². The van der Waals surface area contributed by atoms with Gasteiger partial charge in [0, 0.05) is 0 Å². The highest BCUT2D eigenvalue weighted by Gasteiger charge is 2.17. The molecule has 0 heterocycles. The average molecular weight is 209 g/mol. The topological polar surface area (TPSA) is 83.6 Å². The van der Waals surface area contributed by atoms with Crippen molar-refractivity contribution in [3.63, 3.8) is 0 Å². The van der Waals surface area contributed by atoms with Crippen molar-refractivity contribution < 1.29 is 15.0 Å². The second-order valence-corrected chi connectivity index (χ2v) is 3.49. The van der Waals surface area contributed by atoms with Gasteiger partial charge in [-0.05, 0) is 24.1 Å². The van der Waals surface area contributed by atoms with Gasteiger partial charge in [0.15, 0.2) is 11.5 Å². The molecule has 0 bridgehead atoms. The maximum atomic E-state index is 11.2. The summed E-state index contributed by atoms with van der Waals surface area (Å²) in [7, 11) is 0. The number of carbonyl (C=O) groups excluding carboxylic acids is 1. The molecule has 1 rings (SSSR count). The van der Waals surface area contributed by atoms with Crippen LogP contribution in [0.1, 0.15) is 31.2 Å². The smallest absolute Gasteiger partial charge is 0.224 e. The van der Waals surface area contributed by atoms with E-state index in [9.17, 15) is 9.90 Å². The summed E-state index contributed by atoms with van der Waals surface area (Å²) in [5.74, 6) is -1.24. The molecule has 0 unspecified atom stereocenters. The van der Waals surface area contributed by atoms with Crippen molar-refractivity contribution in [2.45, 2.75) is 25.7 Å². The molecule has 1 atom stereocenters. The zero-order valence-corrected chi connectivity index (χ0v) is 8.60. The fourth-order valence-corrected chi connectivity index (χ4v) is 1.52. The summed E-state index contributed by atoms with van der Waals surface area (Å²) in [6.07, 6.45) is 1.47. The number of hydrogen-bond donors (Lipinski definition) is 3. The van der Waals surface area contributed by atoms with E-state index in [1.54, 1.807) is 6.07 Å². The molecule has 1 aromatic carbocycles. The van der Waals surface area contributed by atoms with E-state index in [-0.39, 0.29) is 11.5 Å². The van der Waals surface area contributed by atoms with Crippen molar-refractivity contribution in [1.82, 2.24) is 0 Å². The molecule has 4 N–H and O–H groups in total. The first-order chi connectivity index (χ1) is 7.06. The van der Waals surface area contributed by atoms with E-state index in [0.717, 1.165) is 6.42 Å². The van der Waals surface area contributed by atoms with Crippen molar-refractivity contribution in [2.75, 3.05) is 0 Å². The second kappa shape index (κ2) is 4.68. The zero-order chi connectivity index (χ0) is 11.4. The Balaban J connectivity index is 3.01. The molecule has 0 aromatic heterocycles. The molecule has 0 aliphatic heterocycles. The molecule has 4 nitrogen and oxygen atoms in total. The highest BCUT2D eigenvalue weighted by atomic mass is 16.3. The van der Waals surface area contributed by atoms with Crippen LogP contribution in [-0.4, -0.2) is 16.1 Å². The average Bonchev–Trinajstić information content (AvgIpc) is 2.18. The summed E-state index contributed by atoms with van der Waals surface area (Å²) in [6, 6.07) is 4.33. The normalized spacial score (nSPS) is 12.3. The first-order valence-corrected chi connectivity index (χ1v) is 4.87. The van der Waals surface area contributed by atoms with Crippen LogP contribution in [0.4, 0.5) is 0 Å². The van der Waals surface area contributed by atoms with Crippen molar-refractivity contribution in [1.29, 1.82) is 0 Å². The number of rotatable bonds is 4. The quantitative estimate of drug-likeness (QED) is 0.656. The number of primary amides is 1. The van der Waals surface area contributed by atoms with Gasteiger partial charge in [0.1, 0.15) is 0 Å². The van der Waals surface area contributed by atoms with E-state index in [2.05, 4.69) is 0 Å². The fraction of sp³-hybridized carbons (Fsp3) is 0.364. The predicted molar refractivity (Wildman–Crippen MR) is 56.6 cm³/mol. The largest absolute Gasteiger partial charge is 0.504 e. The van der Waals surface area contributed by atoms with E-state index >= 15 is 0 Å². The summed E-state index contributed by atoms with van der Waals surface area (Å²) in [4.78, 5) is 11.2. The molecule has 1 amide bonds. The highest BCUT2D eigenvalue weighted by molar-refractivity contribution is 5.82. The van der Waals surface area contributed by atoms with E-state index < -0.39 is 11.8 Å². The van der Waals surface area contributed by atoms with Gasteiger partial charge in [0.05, 0.1) is 5.92 Å². The van der Waals surface area contributed by atoms with Crippen LogP contribution in [-0.2, 0) is 4.79 Å². The third kappa shape index (κ3) is 2.62. The molecule has 0 saturated heterocycles. The van der Waals surface area contributed by atoms with E-state index in [0.29, 0.717) is 12.0 Å². The zero-order valence-electron chi connectivity index (χ0n) is 8.60. The lowest BCUT2D eigenvalue weighted by Crippen LogP contribution is -2.21. The predicted octanol–water partition coefficient (Wildman–Crippen LogP) is 1.47. The van der Waals surface area contributed by atoms with Crippen molar-refractivity contribution >= 4 is 5.91 Å². The molecule has 0 saturated carbocycles. The maximum Gasteiger partial charge on any atom is 0.224 e. The molecule has 0 aliphatic rings. The van der Waals surface area contributed by atoms with Gasteiger partial charge in [-0.25, -0.2) is 0 Å². The molecule has 0 aliphatic carbocycles. The number of hydrogen-bond acceptors (Lipinski definition) is 3. The van der Waals surface area contributed by atoms with Crippen molar-refractivity contribution in [2.24, 2.45) is 5.73 Å². The van der Waals surface area contributed by atoms with E-state index in [1.807, 2.05) is 6.92 Å². The Kier molecular flexibility index (Phi) is 3.55. The van der Waals surface area contributed by atoms with Crippen LogP contribution < -0.4 is 5.73 Å². The number of nitrogens with two attached hydrogens (primary N) is 1. The molecule has 0 fully saturated rings. The summed E-state index contributed by atoms with van der Waals surface area (Å²) in [6.45, 7) is 1.95. The van der Waals surface area contributed by atoms with E-state index in [4.69, 9.17) is 10.8 Å². The highest BCUT2D eigenvalue weighted by Crippen LogP contribution is 2.30. The van der Waals surface area contributed by atoms with Crippen LogP contribution >= 0.6 is 0 Å². The molecular weight excluding hydrogens is 194 g/mol. The van der Waals surface area contributed by atoms with Gasteiger partial charge in [0.2, 0.25) is 5.91 Å². The van der Waals surface area contributed by atoms with Crippen LogP contribution in [0.25, 0.3) is 0 Å². The van der Waals surface area contributed by atoms with Crippen molar-refractivity contribution in [3.8, 4) is 11.5 Å². The summed E-state index contributed by atoms with van der Waals surface area (Å²) < 4.78 is 0. The lowest BCUT2D eigenvalue weighted by Gasteiger charge is -2.13. The second-order valence-electron chi connectivity index (χ2n) is 3.49. The van der Waals surface area contributed by atoms with Gasteiger partial charge in [-0.15, -0.1) is 0 Å². The Bertz CT molecular complexity index is 363. The molecule has 1 aromatic rings. The number of carbonyl (C=O) groups is 1. The van der Waals surface area contributed by atoms with Gasteiger partial charge in [0.25, 0.3) is 0 Å². The van der Waals surface area contributed by atoms with Crippen LogP contribution in [0.3, 0.4) is 0 Å².